The van der Waals surface area contributed by atoms with E-state index in [9.17, 15) is 4.79 Å². The lowest BCUT2D eigenvalue weighted by Gasteiger charge is -2.43. The predicted octanol–water partition coefficient (Wildman–Crippen LogP) is 6.20. The quantitative estimate of drug-likeness (QED) is 0.375. The Bertz CT molecular complexity index is 1410. The molecule has 36 heavy (non-hydrogen) atoms. The number of likely N-dealkylation sites (N-methyl/N-ethyl adjacent to an activating group) is 1. The molecular weight excluding hydrogens is 448 g/mol. The predicted molar refractivity (Wildman–Crippen MR) is 147 cm³/mol. The van der Waals surface area contributed by atoms with Crippen LogP contribution in [0.15, 0.2) is 59.2 Å². The van der Waals surface area contributed by atoms with Crippen LogP contribution in [0, 0.1) is 20.8 Å². The number of aromatic nitrogens is 1. The Hall–Kier alpha value is -3.64. The van der Waals surface area contributed by atoms with Crippen LogP contribution in [0.1, 0.15) is 41.2 Å². The Morgan fingerprint density at radius 1 is 0.972 bits per heavy atom. The lowest BCUT2D eigenvalue weighted by Crippen LogP contribution is -2.55. The zero-order chi connectivity index (χ0) is 25.6. The third-order valence-corrected chi connectivity index (χ3v) is 7.40. The third-order valence-electron chi connectivity index (χ3n) is 7.40. The van der Waals surface area contributed by atoms with E-state index in [1.165, 1.54) is 0 Å². The number of benzene rings is 2. The van der Waals surface area contributed by atoms with Crippen LogP contribution < -0.4 is 10.2 Å². The van der Waals surface area contributed by atoms with Gasteiger partial charge in [0.05, 0.1) is 5.56 Å². The number of carbonyl (C=O) groups is 1. The minimum absolute atomic E-state index is 0.172. The molecular formula is C30H34N4O2. The smallest absolute Gasteiger partial charge is 0.259 e. The van der Waals surface area contributed by atoms with Crippen molar-refractivity contribution in [2.24, 2.45) is 0 Å². The van der Waals surface area contributed by atoms with E-state index in [2.05, 4.69) is 78.3 Å². The van der Waals surface area contributed by atoms with Crippen molar-refractivity contribution >= 4 is 28.3 Å². The molecule has 1 aliphatic rings. The molecule has 6 nitrogen and oxygen atoms in total. The second kappa shape index (κ2) is 9.43. The van der Waals surface area contributed by atoms with Gasteiger partial charge in [-0.1, -0.05) is 6.07 Å². The number of fused-ring (bicyclic) bond motifs is 1. The van der Waals surface area contributed by atoms with E-state index in [0.717, 1.165) is 57.9 Å². The molecule has 1 fully saturated rings. The van der Waals surface area contributed by atoms with Crippen molar-refractivity contribution in [1.82, 2.24) is 9.88 Å². The van der Waals surface area contributed by atoms with Gasteiger partial charge in [-0.3, -0.25) is 14.7 Å². The summed E-state index contributed by atoms with van der Waals surface area (Å²) in [5, 5.41) is 3.90. The summed E-state index contributed by atoms with van der Waals surface area (Å²) in [5.74, 6) is -0.172. The van der Waals surface area contributed by atoms with Crippen LogP contribution in [0.4, 0.5) is 11.4 Å². The molecule has 0 unspecified atom stereocenters. The average molecular weight is 483 g/mol. The topological polar surface area (TPSA) is 61.6 Å². The van der Waals surface area contributed by atoms with Crippen LogP contribution in [0.25, 0.3) is 22.1 Å². The molecule has 6 heteroatoms. The minimum Gasteiger partial charge on any atom is -0.463 e. The Morgan fingerprint density at radius 2 is 1.67 bits per heavy atom. The number of anilines is 2. The number of nitrogens with one attached hydrogen (secondary N) is 1. The van der Waals surface area contributed by atoms with Gasteiger partial charge in [0.1, 0.15) is 11.8 Å². The number of hydrogen-bond acceptors (Lipinski definition) is 5. The maximum absolute atomic E-state index is 13.3. The van der Waals surface area contributed by atoms with Gasteiger partial charge in [0, 0.05) is 53.3 Å². The number of hydrogen-bond donors (Lipinski definition) is 1. The van der Waals surface area contributed by atoms with Crippen molar-refractivity contribution in [3.05, 3.63) is 77.3 Å². The largest absolute Gasteiger partial charge is 0.463 e. The van der Waals surface area contributed by atoms with Gasteiger partial charge < -0.3 is 14.6 Å². The molecule has 3 heterocycles. The number of nitrogens with zero attached hydrogens (tertiary/aromatic N) is 3. The number of rotatable bonds is 4. The summed E-state index contributed by atoms with van der Waals surface area (Å²) in [4.78, 5) is 22.6. The van der Waals surface area contributed by atoms with Crippen LogP contribution in [-0.2, 0) is 0 Å². The van der Waals surface area contributed by atoms with E-state index < -0.39 is 0 Å². The molecule has 0 aliphatic carbocycles. The summed E-state index contributed by atoms with van der Waals surface area (Å²) >= 11 is 0. The highest BCUT2D eigenvalue weighted by atomic mass is 16.3. The van der Waals surface area contributed by atoms with Crippen LogP contribution in [-0.4, -0.2) is 48.0 Å². The molecule has 0 radical (unpaired) electrons. The van der Waals surface area contributed by atoms with Gasteiger partial charge in [-0.2, -0.15) is 0 Å². The Labute approximate surface area is 212 Å². The van der Waals surface area contributed by atoms with Crippen LogP contribution in [0.5, 0.6) is 0 Å². The highest BCUT2D eigenvalue weighted by molar-refractivity contribution is 6.12. The summed E-state index contributed by atoms with van der Waals surface area (Å²) in [7, 11) is 2.18. The first kappa shape index (κ1) is 24.1. The fourth-order valence-corrected chi connectivity index (χ4v) is 5.26. The molecule has 2 atom stereocenters. The molecule has 2 aromatic heterocycles. The summed E-state index contributed by atoms with van der Waals surface area (Å²) in [6, 6.07) is 17.3. The fourth-order valence-electron chi connectivity index (χ4n) is 5.26. The Morgan fingerprint density at radius 3 is 2.33 bits per heavy atom. The SMILES string of the molecule is Cc1cc(-c2ccc(NC(=O)c3coc4ccc(N5C[C@@H](C)N(C)[C@@H](C)C5)cc34)cc2C)cc(C)n1. The second-order valence-electron chi connectivity index (χ2n) is 10.2. The average Bonchev–Trinajstić information content (AvgIpc) is 3.25. The molecule has 186 valence electrons. The second-order valence-corrected chi connectivity index (χ2v) is 10.2. The van der Waals surface area contributed by atoms with E-state index in [-0.39, 0.29) is 5.91 Å². The van der Waals surface area contributed by atoms with Crippen molar-refractivity contribution < 1.29 is 9.21 Å². The monoisotopic (exact) mass is 482 g/mol. The number of amides is 1. The lowest BCUT2D eigenvalue weighted by molar-refractivity contribution is 0.102. The van der Waals surface area contributed by atoms with E-state index in [4.69, 9.17) is 4.42 Å². The first-order valence-corrected chi connectivity index (χ1v) is 12.6. The highest BCUT2D eigenvalue weighted by Gasteiger charge is 2.27. The van der Waals surface area contributed by atoms with E-state index in [1.807, 2.05) is 32.0 Å². The van der Waals surface area contributed by atoms with Gasteiger partial charge in [0.15, 0.2) is 0 Å². The normalized spacial score (nSPS) is 18.6. The molecule has 0 saturated carbocycles. The van der Waals surface area contributed by atoms with Crippen LogP contribution >= 0.6 is 0 Å². The Kier molecular flexibility index (Phi) is 6.31. The van der Waals surface area contributed by atoms with Gasteiger partial charge in [-0.25, -0.2) is 0 Å². The molecule has 0 bridgehead atoms. The van der Waals surface area contributed by atoms with Crippen molar-refractivity contribution in [3.8, 4) is 11.1 Å². The van der Waals surface area contributed by atoms with Crippen molar-refractivity contribution in [2.45, 2.75) is 46.7 Å². The van der Waals surface area contributed by atoms with Gasteiger partial charge in [-0.15, -0.1) is 0 Å². The van der Waals surface area contributed by atoms with Crippen molar-refractivity contribution in [2.75, 3.05) is 30.4 Å². The van der Waals surface area contributed by atoms with Gasteiger partial charge in [0.25, 0.3) is 5.91 Å². The third kappa shape index (κ3) is 4.61. The number of furan rings is 1. The molecule has 0 spiro atoms. The molecule has 4 aromatic rings. The zero-order valence-corrected chi connectivity index (χ0v) is 21.9. The minimum atomic E-state index is -0.172. The van der Waals surface area contributed by atoms with Gasteiger partial charge in [-0.05, 0) is 101 Å². The molecule has 2 aromatic carbocycles. The van der Waals surface area contributed by atoms with E-state index >= 15 is 0 Å². The standard InChI is InChI=1S/C30H34N4O2/c1-18-11-24(7-9-26(18)23-12-19(2)31-20(3)13-23)32-30(35)28-17-36-29-10-8-25(14-27(28)29)34-15-21(4)33(6)22(5)16-34/h7-14,17,21-22H,15-16H2,1-6H3,(H,32,35)/t21-,22+. The Balaban J connectivity index is 1.39. The summed E-state index contributed by atoms with van der Waals surface area (Å²) < 4.78 is 5.74. The van der Waals surface area contributed by atoms with E-state index in [0.29, 0.717) is 23.2 Å². The first-order valence-electron chi connectivity index (χ1n) is 12.6. The molecule has 1 aliphatic heterocycles. The highest BCUT2D eigenvalue weighted by Crippen LogP contribution is 2.31. The number of pyridine rings is 1. The molecule has 1 saturated heterocycles. The number of piperazine rings is 1. The maximum atomic E-state index is 13.3. The summed E-state index contributed by atoms with van der Waals surface area (Å²) in [6.07, 6.45) is 1.56. The van der Waals surface area contributed by atoms with Gasteiger partial charge in [0.2, 0.25) is 0 Å². The van der Waals surface area contributed by atoms with Crippen molar-refractivity contribution in [1.29, 1.82) is 0 Å². The summed E-state index contributed by atoms with van der Waals surface area (Å²) in [6.45, 7) is 12.5. The van der Waals surface area contributed by atoms with Crippen molar-refractivity contribution in [3.63, 3.8) is 0 Å². The lowest BCUT2D eigenvalue weighted by atomic mass is 9.99. The molecule has 5 rings (SSSR count). The number of carbonyl (C=O) groups excluding carboxylic acids is 1. The van der Waals surface area contributed by atoms with E-state index in [1.54, 1.807) is 6.26 Å². The van der Waals surface area contributed by atoms with Gasteiger partial charge >= 0.3 is 0 Å². The van der Waals surface area contributed by atoms with Crippen LogP contribution in [0.3, 0.4) is 0 Å². The zero-order valence-electron chi connectivity index (χ0n) is 21.9. The first-order chi connectivity index (χ1) is 17.2. The number of aryl methyl sites for hydroxylation is 3. The summed E-state index contributed by atoms with van der Waals surface area (Å²) in [5.41, 5.74) is 8.49. The fraction of sp³-hybridized carbons (Fsp3) is 0.333. The molecule has 1 N–H and O–H groups in total. The van der Waals surface area contributed by atoms with Crippen LogP contribution in [0.2, 0.25) is 0 Å². The maximum Gasteiger partial charge on any atom is 0.259 e. The molecule has 1 amide bonds.